The molecule has 0 saturated carbocycles. The van der Waals surface area contributed by atoms with E-state index in [1.54, 1.807) is 24.3 Å². The van der Waals surface area contributed by atoms with Crippen LogP contribution >= 0.6 is 0 Å². The minimum absolute atomic E-state index is 0.0654. The van der Waals surface area contributed by atoms with Gasteiger partial charge in [0, 0.05) is 18.8 Å². The van der Waals surface area contributed by atoms with Crippen molar-refractivity contribution in [3.8, 4) is 0 Å². The molecule has 0 atom stereocenters. The molecule has 3 N–H and O–H groups in total. The van der Waals surface area contributed by atoms with Gasteiger partial charge < -0.3 is 10.5 Å². The van der Waals surface area contributed by atoms with Crippen LogP contribution in [0.3, 0.4) is 0 Å². The first kappa shape index (κ1) is 16.9. The van der Waals surface area contributed by atoms with E-state index in [9.17, 15) is 8.42 Å². The highest BCUT2D eigenvalue weighted by atomic mass is 32.2. The van der Waals surface area contributed by atoms with E-state index in [0.717, 1.165) is 6.42 Å². The molecule has 1 aromatic carbocycles. The number of hydrogen-bond acceptors (Lipinski definition) is 4. The fourth-order valence-electron chi connectivity index (χ4n) is 1.64. The van der Waals surface area contributed by atoms with Gasteiger partial charge in [0.25, 0.3) is 0 Å². The molecule has 1 rings (SSSR count). The van der Waals surface area contributed by atoms with E-state index in [4.69, 9.17) is 10.5 Å². The predicted molar refractivity (Wildman–Crippen MR) is 81.8 cm³/mol. The predicted octanol–water partition coefficient (Wildman–Crippen LogP) is 1.75. The molecular weight excluding hydrogens is 276 g/mol. The first-order valence-electron chi connectivity index (χ1n) is 6.78. The Morgan fingerprint density at radius 2 is 2.05 bits per heavy atom. The zero-order valence-electron chi connectivity index (χ0n) is 12.1. The molecule has 0 aliphatic rings. The van der Waals surface area contributed by atoms with Gasteiger partial charge in [-0.2, -0.15) is 0 Å². The van der Waals surface area contributed by atoms with E-state index < -0.39 is 10.0 Å². The first-order valence-corrected chi connectivity index (χ1v) is 8.44. The van der Waals surface area contributed by atoms with Crippen LogP contribution in [0.25, 0.3) is 0 Å². The Bertz CT molecular complexity index is 501. The maximum absolute atomic E-state index is 11.8. The molecule has 0 aromatic heterocycles. The maximum atomic E-state index is 11.8. The number of nitrogens with two attached hydrogens (primary N) is 1. The molecule has 6 heteroatoms. The summed E-state index contributed by atoms with van der Waals surface area (Å²) >= 11 is 0. The summed E-state index contributed by atoms with van der Waals surface area (Å²) in [6, 6.07) is 6.88. The number of anilines is 1. The fourth-order valence-corrected chi connectivity index (χ4v) is 2.76. The normalized spacial score (nSPS) is 11.9. The van der Waals surface area contributed by atoms with Crippen molar-refractivity contribution in [2.75, 3.05) is 25.5 Å². The second-order valence-electron chi connectivity index (χ2n) is 5.19. The minimum Gasteiger partial charge on any atom is -0.399 e. The van der Waals surface area contributed by atoms with Crippen LogP contribution < -0.4 is 10.5 Å². The third-order valence-corrected chi connectivity index (χ3v) is 4.07. The molecule has 0 spiro atoms. The molecule has 0 bridgehead atoms. The van der Waals surface area contributed by atoms with Crippen LogP contribution in [0.15, 0.2) is 24.3 Å². The van der Waals surface area contributed by atoms with Gasteiger partial charge in [0.2, 0.25) is 10.0 Å². The van der Waals surface area contributed by atoms with Gasteiger partial charge in [-0.3, -0.25) is 0 Å². The number of rotatable bonds is 9. The minimum atomic E-state index is -3.34. The van der Waals surface area contributed by atoms with Gasteiger partial charge in [0.1, 0.15) is 0 Å². The van der Waals surface area contributed by atoms with Crippen molar-refractivity contribution < 1.29 is 13.2 Å². The van der Waals surface area contributed by atoms with Crippen LogP contribution in [0.2, 0.25) is 0 Å². The summed E-state index contributed by atoms with van der Waals surface area (Å²) in [5.74, 6) is 0.527. The van der Waals surface area contributed by atoms with Crippen LogP contribution in [0.4, 0.5) is 5.69 Å². The quantitative estimate of drug-likeness (QED) is 0.538. The molecule has 20 heavy (non-hydrogen) atoms. The van der Waals surface area contributed by atoms with Crippen molar-refractivity contribution >= 4 is 15.7 Å². The Labute approximate surface area is 121 Å². The molecule has 0 radical (unpaired) electrons. The topological polar surface area (TPSA) is 81.4 Å². The van der Waals surface area contributed by atoms with E-state index >= 15 is 0 Å². The van der Waals surface area contributed by atoms with Gasteiger partial charge >= 0.3 is 0 Å². The Hall–Kier alpha value is -1.11. The number of hydrogen-bond donors (Lipinski definition) is 2. The highest BCUT2D eigenvalue weighted by Crippen LogP contribution is 2.09. The highest BCUT2D eigenvalue weighted by molar-refractivity contribution is 7.88. The molecule has 1 aromatic rings. The van der Waals surface area contributed by atoms with Gasteiger partial charge in [-0.15, -0.1) is 0 Å². The van der Waals surface area contributed by atoms with Crippen molar-refractivity contribution in [2.24, 2.45) is 5.92 Å². The Balaban J connectivity index is 2.28. The molecular formula is C14H24N2O3S. The van der Waals surface area contributed by atoms with Crippen LogP contribution in [0.5, 0.6) is 0 Å². The molecule has 0 aliphatic carbocycles. The smallest absolute Gasteiger partial charge is 0.215 e. The summed E-state index contributed by atoms with van der Waals surface area (Å²) in [7, 11) is -3.34. The lowest BCUT2D eigenvalue weighted by molar-refractivity contribution is 0.128. The second kappa shape index (κ2) is 8.24. The first-order chi connectivity index (χ1) is 9.39. The molecule has 0 fully saturated rings. The zero-order valence-corrected chi connectivity index (χ0v) is 12.9. The van der Waals surface area contributed by atoms with Crippen molar-refractivity contribution in [3.63, 3.8) is 0 Å². The second-order valence-corrected chi connectivity index (χ2v) is 7.00. The lowest BCUT2D eigenvalue weighted by Gasteiger charge is -2.09. The van der Waals surface area contributed by atoms with Gasteiger partial charge in [-0.05, 0) is 30.0 Å². The zero-order chi connectivity index (χ0) is 15.0. The van der Waals surface area contributed by atoms with E-state index in [-0.39, 0.29) is 5.75 Å². The van der Waals surface area contributed by atoms with Gasteiger partial charge in [0.15, 0.2) is 0 Å². The number of benzene rings is 1. The van der Waals surface area contributed by atoms with Crippen molar-refractivity contribution in [1.29, 1.82) is 0 Å². The Morgan fingerprint density at radius 3 is 2.70 bits per heavy atom. The maximum Gasteiger partial charge on any atom is 0.215 e. The number of sulfonamides is 1. The number of nitrogen functional groups attached to an aromatic ring is 1. The van der Waals surface area contributed by atoms with E-state index in [0.29, 0.717) is 36.9 Å². The van der Waals surface area contributed by atoms with E-state index in [2.05, 4.69) is 18.6 Å². The number of ether oxygens (including phenoxy) is 1. The third kappa shape index (κ3) is 7.47. The highest BCUT2D eigenvalue weighted by Gasteiger charge is 2.10. The van der Waals surface area contributed by atoms with Gasteiger partial charge in [0.05, 0.1) is 12.4 Å². The van der Waals surface area contributed by atoms with Gasteiger partial charge in [-0.1, -0.05) is 26.0 Å². The molecule has 0 saturated heterocycles. The molecule has 114 valence electrons. The van der Waals surface area contributed by atoms with E-state index in [1.165, 1.54) is 0 Å². The fraction of sp³-hybridized carbons (Fsp3) is 0.571. The molecule has 0 unspecified atom stereocenters. The van der Waals surface area contributed by atoms with Crippen LogP contribution in [-0.4, -0.2) is 28.2 Å². The average molecular weight is 300 g/mol. The van der Waals surface area contributed by atoms with Crippen molar-refractivity contribution in [2.45, 2.75) is 26.0 Å². The molecule has 5 nitrogen and oxygen atoms in total. The van der Waals surface area contributed by atoms with Crippen molar-refractivity contribution in [1.82, 2.24) is 4.72 Å². The lowest BCUT2D eigenvalue weighted by Crippen LogP contribution is -2.28. The SMILES string of the molecule is CC(C)CCOCCNS(=O)(=O)Cc1cccc(N)c1. The third-order valence-electron chi connectivity index (χ3n) is 2.72. The summed E-state index contributed by atoms with van der Waals surface area (Å²) < 4.78 is 31.6. The Kier molecular flexibility index (Phi) is 6.98. The standard InChI is InChI=1S/C14H24N2O3S/c1-12(2)6-8-19-9-7-16-20(17,18)11-13-4-3-5-14(15)10-13/h3-5,10,12,16H,6-9,11,15H2,1-2H3. The van der Waals surface area contributed by atoms with Gasteiger partial charge in [-0.25, -0.2) is 13.1 Å². The lowest BCUT2D eigenvalue weighted by atomic mass is 10.1. The van der Waals surface area contributed by atoms with Crippen LogP contribution in [0, 0.1) is 5.92 Å². The van der Waals surface area contributed by atoms with E-state index in [1.807, 2.05) is 0 Å². The summed E-state index contributed by atoms with van der Waals surface area (Å²) in [5.41, 5.74) is 6.87. The monoisotopic (exact) mass is 300 g/mol. The summed E-state index contributed by atoms with van der Waals surface area (Å²) in [5, 5.41) is 0. The molecule has 0 heterocycles. The summed E-state index contributed by atoms with van der Waals surface area (Å²) in [4.78, 5) is 0. The van der Waals surface area contributed by atoms with Crippen molar-refractivity contribution in [3.05, 3.63) is 29.8 Å². The Morgan fingerprint density at radius 1 is 1.30 bits per heavy atom. The largest absolute Gasteiger partial charge is 0.399 e. The summed E-state index contributed by atoms with van der Waals surface area (Å²) in [6.07, 6.45) is 0.982. The van der Waals surface area contributed by atoms with Crippen LogP contribution in [-0.2, 0) is 20.5 Å². The molecule has 0 aliphatic heterocycles. The number of nitrogens with one attached hydrogen (secondary N) is 1. The summed E-state index contributed by atoms with van der Waals surface area (Å²) in [6.45, 7) is 5.59. The van der Waals surface area contributed by atoms with Crippen LogP contribution in [0.1, 0.15) is 25.8 Å². The molecule has 0 amide bonds. The average Bonchev–Trinajstić information content (AvgIpc) is 2.32.